The topological polar surface area (TPSA) is 21.3 Å². The van der Waals surface area contributed by atoms with E-state index in [4.69, 9.17) is 4.74 Å². The summed E-state index contributed by atoms with van der Waals surface area (Å²) in [5.41, 5.74) is 0. The molecule has 1 rings (SSSR count). The van der Waals surface area contributed by atoms with Gasteiger partial charge in [0.05, 0.1) is 11.2 Å². The van der Waals surface area contributed by atoms with Crippen molar-refractivity contribution in [2.24, 2.45) is 0 Å². The molecule has 0 spiro atoms. The smallest absolute Gasteiger partial charge is 0.285 e. The van der Waals surface area contributed by atoms with Crippen molar-refractivity contribution < 1.29 is 13.5 Å². The van der Waals surface area contributed by atoms with E-state index < -0.39 is 12.0 Å². The van der Waals surface area contributed by atoms with Gasteiger partial charge in [0.25, 0.3) is 5.92 Å². The molecule has 0 aromatic rings. The SMILES string of the molecule is FC1(F)CNCC[C@H]1OCI. The Kier molecular flexibility index (Phi) is 3.45. The highest BCUT2D eigenvalue weighted by Crippen LogP contribution is 2.25. The van der Waals surface area contributed by atoms with E-state index in [0.29, 0.717) is 17.6 Å². The number of nitrogens with one attached hydrogen (secondary N) is 1. The average Bonchev–Trinajstić information content (AvgIpc) is 1.94. The number of rotatable bonds is 2. The highest BCUT2D eigenvalue weighted by Gasteiger charge is 2.42. The minimum atomic E-state index is -2.69. The highest BCUT2D eigenvalue weighted by atomic mass is 127. The molecular formula is C6H10F2INO. The summed E-state index contributed by atoms with van der Waals surface area (Å²) in [6.07, 6.45) is -0.489. The van der Waals surface area contributed by atoms with Gasteiger partial charge < -0.3 is 10.1 Å². The van der Waals surface area contributed by atoms with E-state index in [1.807, 2.05) is 22.6 Å². The molecule has 66 valence electrons. The van der Waals surface area contributed by atoms with Gasteiger partial charge in [0.15, 0.2) is 0 Å². The molecule has 0 aromatic carbocycles. The van der Waals surface area contributed by atoms with Crippen LogP contribution in [0.15, 0.2) is 0 Å². The van der Waals surface area contributed by atoms with E-state index in [0.717, 1.165) is 0 Å². The summed E-state index contributed by atoms with van der Waals surface area (Å²) in [6.45, 7) is 0.366. The van der Waals surface area contributed by atoms with Crippen LogP contribution < -0.4 is 5.32 Å². The maximum Gasteiger partial charge on any atom is 0.285 e. The molecule has 0 saturated carbocycles. The fourth-order valence-corrected chi connectivity index (χ4v) is 1.53. The maximum atomic E-state index is 12.9. The Morgan fingerprint density at radius 1 is 1.64 bits per heavy atom. The van der Waals surface area contributed by atoms with Crippen LogP contribution in [0.2, 0.25) is 0 Å². The quantitative estimate of drug-likeness (QED) is 0.608. The van der Waals surface area contributed by atoms with Crippen LogP contribution in [0.5, 0.6) is 0 Å². The molecule has 1 heterocycles. The average molecular weight is 277 g/mol. The molecule has 0 aromatic heterocycles. The van der Waals surface area contributed by atoms with Crippen LogP contribution in [0.25, 0.3) is 0 Å². The predicted molar refractivity (Wildman–Crippen MR) is 46.2 cm³/mol. The van der Waals surface area contributed by atoms with Crippen LogP contribution in [0.1, 0.15) is 6.42 Å². The van der Waals surface area contributed by atoms with E-state index in [1.54, 1.807) is 0 Å². The van der Waals surface area contributed by atoms with Crippen molar-refractivity contribution in [1.29, 1.82) is 0 Å². The minimum Gasteiger partial charge on any atom is -0.362 e. The van der Waals surface area contributed by atoms with Gasteiger partial charge in [-0.3, -0.25) is 0 Å². The summed E-state index contributed by atoms with van der Waals surface area (Å²) in [5.74, 6) is -2.69. The normalized spacial score (nSPS) is 30.3. The Morgan fingerprint density at radius 2 is 2.36 bits per heavy atom. The van der Waals surface area contributed by atoms with Crippen molar-refractivity contribution >= 4 is 22.6 Å². The van der Waals surface area contributed by atoms with E-state index >= 15 is 0 Å². The molecule has 0 radical (unpaired) electrons. The third kappa shape index (κ3) is 2.48. The number of halogens is 3. The second-order valence-electron chi connectivity index (χ2n) is 2.49. The molecule has 0 unspecified atom stereocenters. The molecule has 0 aliphatic carbocycles. The van der Waals surface area contributed by atoms with Crippen LogP contribution >= 0.6 is 22.6 Å². The van der Waals surface area contributed by atoms with Crippen LogP contribution in [0.3, 0.4) is 0 Å². The van der Waals surface area contributed by atoms with Crippen LogP contribution in [-0.2, 0) is 4.74 Å². The standard InChI is InChI=1S/C6H10F2INO/c7-6(8)3-10-2-1-5(6)11-4-9/h5,10H,1-4H2/t5-/m1/s1. The van der Waals surface area contributed by atoms with Gasteiger partial charge in [-0.1, -0.05) is 22.6 Å². The number of ether oxygens (including phenoxy) is 1. The highest BCUT2D eigenvalue weighted by molar-refractivity contribution is 14.1. The Labute approximate surface area is 77.8 Å². The summed E-state index contributed by atoms with van der Waals surface area (Å²) in [7, 11) is 0. The first-order chi connectivity index (χ1) is 5.17. The van der Waals surface area contributed by atoms with E-state index in [-0.39, 0.29) is 6.54 Å². The summed E-state index contributed by atoms with van der Waals surface area (Å²) in [5, 5.41) is 2.63. The van der Waals surface area contributed by atoms with Crippen molar-refractivity contribution in [3.05, 3.63) is 0 Å². The second-order valence-corrected chi connectivity index (χ2v) is 3.11. The monoisotopic (exact) mass is 277 g/mol. The summed E-state index contributed by atoms with van der Waals surface area (Å²) >= 11 is 1.93. The summed E-state index contributed by atoms with van der Waals surface area (Å²) in [4.78, 5) is 0. The molecule has 2 nitrogen and oxygen atoms in total. The van der Waals surface area contributed by atoms with Gasteiger partial charge in [-0.05, 0) is 13.0 Å². The molecule has 1 saturated heterocycles. The zero-order valence-corrected chi connectivity index (χ0v) is 8.11. The van der Waals surface area contributed by atoms with Gasteiger partial charge in [0.1, 0.15) is 6.10 Å². The molecule has 1 N–H and O–H groups in total. The summed E-state index contributed by atoms with van der Waals surface area (Å²) < 4.78 is 31.0. The van der Waals surface area contributed by atoms with Crippen molar-refractivity contribution in [3.8, 4) is 0 Å². The molecule has 5 heteroatoms. The first-order valence-corrected chi connectivity index (χ1v) is 4.95. The van der Waals surface area contributed by atoms with E-state index in [1.165, 1.54) is 0 Å². The molecule has 1 aliphatic rings. The molecule has 1 fully saturated rings. The number of piperidine rings is 1. The zero-order chi connectivity index (χ0) is 8.32. The molecule has 1 atom stereocenters. The lowest BCUT2D eigenvalue weighted by atomic mass is 10.1. The van der Waals surface area contributed by atoms with Gasteiger partial charge >= 0.3 is 0 Å². The largest absolute Gasteiger partial charge is 0.362 e. The lowest BCUT2D eigenvalue weighted by molar-refractivity contribution is -0.137. The first kappa shape index (κ1) is 9.60. The van der Waals surface area contributed by atoms with Gasteiger partial charge in [-0.2, -0.15) is 0 Å². The lowest BCUT2D eigenvalue weighted by Crippen LogP contribution is -2.50. The minimum absolute atomic E-state index is 0.256. The predicted octanol–water partition coefficient (Wildman–Crippen LogP) is 1.39. The maximum absolute atomic E-state index is 12.9. The fraction of sp³-hybridized carbons (Fsp3) is 1.00. The molecule has 0 amide bonds. The van der Waals surface area contributed by atoms with E-state index in [9.17, 15) is 8.78 Å². The Morgan fingerprint density at radius 3 is 2.91 bits per heavy atom. The van der Waals surface area contributed by atoms with E-state index in [2.05, 4.69) is 5.32 Å². The summed E-state index contributed by atoms with van der Waals surface area (Å²) in [6, 6.07) is 0. The molecule has 11 heavy (non-hydrogen) atoms. The number of hydrogen-bond donors (Lipinski definition) is 1. The van der Waals surface area contributed by atoms with Crippen LogP contribution in [0.4, 0.5) is 8.78 Å². The second kappa shape index (κ2) is 3.95. The van der Waals surface area contributed by atoms with Crippen molar-refractivity contribution in [2.45, 2.75) is 18.4 Å². The third-order valence-corrected chi connectivity index (χ3v) is 2.04. The Balaban J connectivity index is 2.45. The van der Waals surface area contributed by atoms with Gasteiger partial charge in [0.2, 0.25) is 0 Å². The van der Waals surface area contributed by atoms with Gasteiger partial charge in [0, 0.05) is 0 Å². The van der Waals surface area contributed by atoms with Gasteiger partial charge in [-0.15, -0.1) is 0 Å². The first-order valence-electron chi connectivity index (χ1n) is 3.43. The Bertz CT molecular complexity index is 132. The number of hydrogen-bond acceptors (Lipinski definition) is 2. The van der Waals surface area contributed by atoms with Gasteiger partial charge in [-0.25, -0.2) is 8.78 Å². The van der Waals surface area contributed by atoms with Crippen LogP contribution in [0, 0.1) is 0 Å². The third-order valence-electron chi connectivity index (χ3n) is 1.68. The Hall–Kier alpha value is 0.510. The molecular weight excluding hydrogens is 267 g/mol. The lowest BCUT2D eigenvalue weighted by Gasteiger charge is -2.30. The molecule has 1 aliphatic heterocycles. The number of alkyl halides is 3. The van der Waals surface area contributed by atoms with Crippen molar-refractivity contribution in [3.63, 3.8) is 0 Å². The van der Waals surface area contributed by atoms with Crippen molar-refractivity contribution in [1.82, 2.24) is 5.32 Å². The zero-order valence-electron chi connectivity index (χ0n) is 5.95. The van der Waals surface area contributed by atoms with Crippen molar-refractivity contribution in [2.75, 3.05) is 17.7 Å². The fourth-order valence-electron chi connectivity index (χ4n) is 1.09. The van der Waals surface area contributed by atoms with Crippen LogP contribution in [-0.4, -0.2) is 29.7 Å². The molecule has 0 bridgehead atoms.